The molecule has 6 nitrogen and oxygen atoms in total. The van der Waals surface area contributed by atoms with E-state index in [0.29, 0.717) is 24.5 Å². The van der Waals surface area contributed by atoms with Crippen molar-refractivity contribution in [2.75, 3.05) is 20.3 Å². The van der Waals surface area contributed by atoms with Gasteiger partial charge in [-0.1, -0.05) is 0 Å². The summed E-state index contributed by atoms with van der Waals surface area (Å²) >= 11 is 0. The van der Waals surface area contributed by atoms with E-state index in [0.717, 1.165) is 16.7 Å². The number of benzene rings is 2. The van der Waals surface area contributed by atoms with Crippen molar-refractivity contribution in [2.45, 2.75) is 31.7 Å². The Hall–Kier alpha value is -2.44. The lowest BCUT2D eigenvalue weighted by Crippen LogP contribution is -2.43. The maximum absolute atomic E-state index is 10.3. The van der Waals surface area contributed by atoms with E-state index < -0.39 is 11.4 Å². The molecule has 2 aromatic rings. The first-order valence-corrected chi connectivity index (χ1v) is 8.51. The molecule has 6 heteroatoms. The molecule has 0 aromatic heterocycles. The first kappa shape index (κ1) is 17.0. The second-order valence-corrected chi connectivity index (χ2v) is 7.30. The highest BCUT2D eigenvalue weighted by Crippen LogP contribution is 2.45. The van der Waals surface area contributed by atoms with E-state index in [1.54, 1.807) is 24.3 Å². The highest BCUT2D eigenvalue weighted by molar-refractivity contribution is 5.77. The van der Waals surface area contributed by atoms with Gasteiger partial charge < -0.3 is 29.2 Å². The van der Waals surface area contributed by atoms with Crippen LogP contribution in [0, 0.1) is 0 Å². The number of fused-ring (bicyclic) bond motifs is 3. The van der Waals surface area contributed by atoms with Crippen LogP contribution in [-0.4, -0.2) is 41.9 Å². The van der Waals surface area contributed by atoms with Gasteiger partial charge in [-0.05, 0) is 49.2 Å². The fourth-order valence-corrected chi connectivity index (χ4v) is 3.68. The lowest BCUT2D eigenvalue weighted by atomic mass is 9.88. The minimum absolute atomic E-state index is 0.0452. The molecule has 0 aliphatic carbocycles. The predicted octanol–water partition coefficient (Wildman–Crippen LogP) is 3.23. The summed E-state index contributed by atoms with van der Waals surface area (Å²) in [5.74, 6) is 0.387. The van der Waals surface area contributed by atoms with Crippen LogP contribution in [0.4, 0.5) is 0 Å². The Kier molecular flexibility index (Phi) is 3.78. The van der Waals surface area contributed by atoms with Gasteiger partial charge in [-0.3, -0.25) is 0 Å². The zero-order chi connectivity index (χ0) is 18.5. The van der Waals surface area contributed by atoms with Crippen LogP contribution < -0.4 is 9.47 Å². The zero-order valence-electron chi connectivity index (χ0n) is 15.0. The Bertz CT molecular complexity index is 860. The van der Waals surface area contributed by atoms with E-state index in [2.05, 4.69) is 0 Å². The third-order valence-corrected chi connectivity index (χ3v) is 4.81. The van der Waals surface area contributed by atoms with Crippen molar-refractivity contribution in [3.63, 3.8) is 0 Å². The molecule has 1 fully saturated rings. The van der Waals surface area contributed by atoms with Crippen LogP contribution in [-0.2, 0) is 15.9 Å². The van der Waals surface area contributed by atoms with Gasteiger partial charge in [0.2, 0.25) is 0 Å². The summed E-state index contributed by atoms with van der Waals surface area (Å²) in [5.41, 5.74) is 1.90. The van der Waals surface area contributed by atoms with Crippen LogP contribution in [0.2, 0.25) is 0 Å². The van der Waals surface area contributed by atoms with Crippen LogP contribution in [0.5, 0.6) is 23.0 Å². The summed E-state index contributed by atoms with van der Waals surface area (Å²) in [5, 5.41) is 20.1. The summed E-state index contributed by atoms with van der Waals surface area (Å²) in [6.07, 6.45) is 0.544. The van der Waals surface area contributed by atoms with E-state index in [4.69, 9.17) is 18.9 Å². The van der Waals surface area contributed by atoms with Crippen LogP contribution in [0.25, 0.3) is 11.1 Å². The molecule has 2 aliphatic rings. The van der Waals surface area contributed by atoms with Crippen molar-refractivity contribution in [3.8, 4) is 34.1 Å². The van der Waals surface area contributed by atoms with Crippen molar-refractivity contribution in [3.05, 3.63) is 35.9 Å². The number of phenols is 2. The summed E-state index contributed by atoms with van der Waals surface area (Å²) in [7, 11) is 1.52. The molecule has 2 heterocycles. The monoisotopic (exact) mass is 358 g/mol. The topological polar surface area (TPSA) is 77.4 Å². The van der Waals surface area contributed by atoms with Gasteiger partial charge in [-0.2, -0.15) is 0 Å². The zero-order valence-corrected chi connectivity index (χ0v) is 15.0. The molecule has 2 N–H and O–H groups in total. The molecule has 1 atom stereocenters. The Morgan fingerprint density at radius 1 is 1.04 bits per heavy atom. The maximum atomic E-state index is 10.3. The molecule has 138 valence electrons. The Morgan fingerprint density at radius 3 is 2.54 bits per heavy atom. The number of hydrogen-bond donors (Lipinski definition) is 2. The first-order chi connectivity index (χ1) is 12.3. The highest BCUT2D eigenvalue weighted by atomic mass is 16.8. The van der Waals surface area contributed by atoms with E-state index >= 15 is 0 Å². The summed E-state index contributed by atoms with van der Waals surface area (Å²) in [6.45, 7) is 4.42. The SMILES string of the molecule is COc1cc2c(cc1O)-c1ccc(O)cc1OC[C@]1(COC(C)(C)O1)C2. The van der Waals surface area contributed by atoms with E-state index in [1.165, 1.54) is 7.11 Å². The van der Waals surface area contributed by atoms with Crippen molar-refractivity contribution in [1.82, 2.24) is 0 Å². The van der Waals surface area contributed by atoms with E-state index in [-0.39, 0.29) is 18.1 Å². The average molecular weight is 358 g/mol. The van der Waals surface area contributed by atoms with Crippen molar-refractivity contribution >= 4 is 0 Å². The minimum Gasteiger partial charge on any atom is -0.508 e. The number of phenolic OH excluding ortho intramolecular Hbond substituents is 2. The largest absolute Gasteiger partial charge is 0.508 e. The van der Waals surface area contributed by atoms with Gasteiger partial charge in [0.15, 0.2) is 17.3 Å². The lowest BCUT2D eigenvalue weighted by molar-refractivity contribution is -0.167. The quantitative estimate of drug-likeness (QED) is 0.815. The van der Waals surface area contributed by atoms with Gasteiger partial charge in [0.25, 0.3) is 0 Å². The van der Waals surface area contributed by atoms with Crippen molar-refractivity contribution in [2.24, 2.45) is 0 Å². The molecule has 2 aliphatic heterocycles. The van der Waals surface area contributed by atoms with Gasteiger partial charge in [-0.25, -0.2) is 0 Å². The molecule has 0 bridgehead atoms. The van der Waals surface area contributed by atoms with Gasteiger partial charge in [0.1, 0.15) is 23.7 Å². The summed E-state index contributed by atoms with van der Waals surface area (Å²) in [6, 6.07) is 8.43. The Morgan fingerprint density at radius 2 is 1.85 bits per heavy atom. The standard InChI is InChI=1S/C20H22O6/c1-19(2)25-11-20(26-19)9-12-6-18(23-3)16(22)8-15(12)14-5-4-13(21)7-17(14)24-10-20/h4-8,21-22H,9-11H2,1-3H3/t20-/m0/s1. The number of ether oxygens (including phenoxy) is 4. The third-order valence-electron chi connectivity index (χ3n) is 4.81. The Balaban J connectivity index is 1.89. The predicted molar refractivity (Wildman–Crippen MR) is 94.8 cm³/mol. The molecule has 1 saturated heterocycles. The third kappa shape index (κ3) is 2.85. The van der Waals surface area contributed by atoms with E-state index in [1.807, 2.05) is 19.9 Å². The molecule has 4 rings (SSSR count). The fourth-order valence-electron chi connectivity index (χ4n) is 3.68. The molecule has 0 unspecified atom stereocenters. The number of hydrogen-bond acceptors (Lipinski definition) is 6. The number of aromatic hydroxyl groups is 2. The molecular formula is C20H22O6. The van der Waals surface area contributed by atoms with Crippen molar-refractivity contribution in [1.29, 1.82) is 0 Å². The molecular weight excluding hydrogens is 336 g/mol. The maximum Gasteiger partial charge on any atom is 0.163 e. The first-order valence-electron chi connectivity index (χ1n) is 8.51. The minimum atomic E-state index is -0.703. The number of rotatable bonds is 1. The molecule has 2 aromatic carbocycles. The van der Waals surface area contributed by atoms with Crippen molar-refractivity contribution < 1.29 is 29.2 Å². The Labute approximate surface area is 151 Å². The normalized spacial score (nSPS) is 23.5. The summed E-state index contributed by atoms with van der Waals surface area (Å²) in [4.78, 5) is 0. The lowest BCUT2D eigenvalue weighted by Gasteiger charge is -2.32. The average Bonchev–Trinajstić information content (AvgIpc) is 2.89. The summed E-state index contributed by atoms with van der Waals surface area (Å²) < 4.78 is 23.3. The van der Waals surface area contributed by atoms with E-state index in [9.17, 15) is 10.2 Å². The van der Waals surface area contributed by atoms with Crippen LogP contribution in [0.3, 0.4) is 0 Å². The molecule has 26 heavy (non-hydrogen) atoms. The number of methoxy groups -OCH3 is 1. The van der Waals surface area contributed by atoms with Crippen LogP contribution in [0.15, 0.2) is 30.3 Å². The molecule has 0 amide bonds. The highest BCUT2D eigenvalue weighted by Gasteiger charge is 2.47. The van der Waals surface area contributed by atoms with Gasteiger partial charge in [-0.15, -0.1) is 0 Å². The van der Waals surface area contributed by atoms with Gasteiger partial charge >= 0.3 is 0 Å². The molecule has 0 radical (unpaired) electrons. The second kappa shape index (κ2) is 5.79. The van der Waals surface area contributed by atoms with Gasteiger partial charge in [0, 0.05) is 18.1 Å². The van der Waals surface area contributed by atoms with Gasteiger partial charge in [0.05, 0.1) is 13.7 Å². The van der Waals surface area contributed by atoms with Crippen LogP contribution in [0.1, 0.15) is 19.4 Å². The smallest absolute Gasteiger partial charge is 0.163 e. The molecule has 0 saturated carbocycles. The second-order valence-electron chi connectivity index (χ2n) is 7.30. The van der Waals surface area contributed by atoms with Crippen LogP contribution >= 0.6 is 0 Å². The fraction of sp³-hybridized carbons (Fsp3) is 0.400. The molecule has 1 spiro atoms.